The largest absolute Gasteiger partial charge is 2.00 e. The van der Waals surface area contributed by atoms with E-state index in [0.717, 1.165) is 22.3 Å². The molecule has 0 N–H and O–H groups in total. The zero-order chi connectivity index (χ0) is 35.1. The Balaban J connectivity index is 0.00000541. The maximum atomic E-state index is 14.2. The van der Waals surface area contributed by atoms with Crippen LogP contribution in [0.15, 0.2) is 72.3 Å². The van der Waals surface area contributed by atoms with Gasteiger partial charge in [0.15, 0.2) is 0 Å². The third-order valence-electron chi connectivity index (χ3n) is 10.0. The minimum absolute atomic E-state index is 0. The summed E-state index contributed by atoms with van der Waals surface area (Å²) in [5, 5.41) is 14.9. The van der Waals surface area contributed by atoms with Crippen LogP contribution in [-0.2, 0) is 41.9 Å². The van der Waals surface area contributed by atoms with Gasteiger partial charge in [-0.3, -0.25) is 4.99 Å². The van der Waals surface area contributed by atoms with Crippen molar-refractivity contribution in [3.8, 4) is 0 Å². The molecule has 0 saturated heterocycles. The van der Waals surface area contributed by atoms with Crippen LogP contribution in [0.25, 0.3) is 11.8 Å². The predicted octanol–water partition coefficient (Wildman–Crippen LogP) is 6.52. The quantitative estimate of drug-likeness (QED) is 0.214. The Morgan fingerprint density at radius 1 is 0.776 bits per heavy atom. The molecule has 1 aromatic heterocycles. The predicted molar refractivity (Wildman–Crippen MR) is 182 cm³/mol. The molecule has 49 heavy (non-hydrogen) atoms. The molecule has 8 bridgehead atoms. The number of ether oxygens (including phenoxy) is 1. The van der Waals surface area contributed by atoms with Gasteiger partial charge >= 0.3 is 31.6 Å². The van der Waals surface area contributed by atoms with Gasteiger partial charge < -0.3 is 14.8 Å². The molecular weight excluding hydrogens is 683 g/mol. The van der Waals surface area contributed by atoms with Gasteiger partial charge in [0, 0.05) is 5.41 Å². The summed E-state index contributed by atoms with van der Waals surface area (Å²) in [7, 11) is 0. The van der Waals surface area contributed by atoms with E-state index < -0.39 is 17.6 Å². The van der Waals surface area contributed by atoms with Crippen molar-refractivity contribution < 1.29 is 47.3 Å². The van der Waals surface area contributed by atoms with Crippen LogP contribution in [0, 0.1) is 5.41 Å². The van der Waals surface area contributed by atoms with Crippen LogP contribution >= 0.6 is 0 Å². The number of hydrogen-bond donors (Lipinski definition) is 0. The Morgan fingerprint density at radius 2 is 1.35 bits per heavy atom. The van der Waals surface area contributed by atoms with E-state index in [1.54, 1.807) is 12.2 Å². The van der Waals surface area contributed by atoms with E-state index in [4.69, 9.17) is 24.7 Å². The molecule has 4 aliphatic rings. The first kappa shape index (κ1) is 38.2. The number of nitrogens with zero attached hydrogens (tertiary/aromatic N) is 4. The van der Waals surface area contributed by atoms with E-state index in [2.05, 4.69) is 0 Å². The Morgan fingerprint density at radius 3 is 1.88 bits per heavy atom. The maximum Gasteiger partial charge on any atom is 2.00 e. The fourth-order valence-corrected chi connectivity index (χ4v) is 7.47. The SMILES string of the molecule is CCC1=C(CC)C2=NC1=CC1=C([O-])C(CC)(CC)C(=N1)C=C1N=C(C(CC)=C1CC)C(OC(=O)C(F)(F)F)=c1[n-]c(c(CC)c1CC)=C2.[Zn+2]. The number of rotatable bonds is 9. The van der Waals surface area contributed by atoms with Crippen LogP contribution in [0.3, 0.4) is 0 Å². The van der Waals surface area contributed by atoms with Crippen LogP contribution in [-0.4, -0.2) is 29.3 Å². The molecule has 0 atom stereocenters. The number of allylic oxidation sites excluding steroid dienone is 6. The van der Waals surface area contributed by atoms with Crippen molar-refractivity contribution in [2.24, 2.45) is 20.4 Å². The topological polar surface area (TPSA) is 101 Å². The van der Waals surface area contributed by atoms with E-state index in [1.165, 1.54) is 0 Å². The average Bonchev–Trinajstić information content (AvgIpc) is 3.77. The molecule has 0 spiro atoms. The molecule has 0 aliphatic carbocycles. The van der Waals surface area contributed by atoms with Crippen molar-refractivity contribution in [1.82, 2.24) is 4.98 Å². The van der Waals surface area contributed by atoms with Crippen LogP contribution < -0.4 is 20.8 Å². The maximum absolute atomic E-state index is 14.2. The molecule has 0 fully saturated rings. The second-order valence-electron chi connectivity index (χ2n) is 12.2. The Labute approximate surface area is 298 Å². The van der Waals surface area contributed by atoms with Gasteiger partial charge in [-0.1, -0.05) is 83.7 Å². The van der Waals surface area contributed by atoms with Crippen LogP contribution in [0.4, 0.5) is 13.2 Å². The number of esters is 1. The molecule has 0 unspecified atom stereocenters. The summed E-state index contributed by atoms with van der Waals surface area (Å²) in [6.45, 7) is 15.7. The van der Waals surface area contributed by atoms with Gasteiger partial charge in [0.05, 0.1) is 28.5 Å². The number of halogens is 3. The molecule has 5 heterocycles. The summed E-state index contributed by atoms with van der Waals surface area (Å²) in [6, 6.07) is 0. The number of hydrogen-bond acceptors (Lipinski definition) is 6. The number of aromatic nitrogens is 1. The van der Waals surface area contributed by atoms with Crippen molar-refractivity contribution in [1.29, 1.82) is 0 Å². The first-order valence-corrected chi connectivity index (χ1v) is 17.1. The fraction of sp³-hybridized carbons (Fsp3) is 0.474. The normalized spacial score (nSPS) is 18.6. The smallest absolute Gasteiger partial charge is 0.873 e. The van der Waals surface area contributed by atoms with Gasteiger partial charge in [0.2, 0.25) is 0 Å². The van der Waals surface area contributed by atoms with E-state index >= 15 is 0 Å². The molecule has 0 radical (unpaired) electrons. The summed E-state index contributed by atoms with van der Waals surface area (Å²) in [5.74, 6) is -2.74. The molecular formula is C38H43F3N4O3Zn. The zero-order valence-electron chi connectivity index (χ0n) is 29.7. The summed E-state index contributed by atoms with van der Waals surface area (Å²) in [5.41, 5.74) is 6.94. The first-order valence-electron chi connectivity index (χ1n) is 17.1. The van der Waals surface area contributed by atoms with E-state index in [1.807, 2.05) is 61.5 Å². The monoisotopic (exact) mass is 724 g/mol. The van der Waals surface area contributed by atoms with E-state index in [9.17, 15) is 23.1 Å². The standard InChI is InChI=1S/C38H44F3N4O3.Zn/c1-9-20-21(10-2)27-18-30-35(46)37(15-7,16-8)31(43-30)19-29-23(12-4)25(14-6)33(45-29)34(48-36(47)38(39,40)41)32-24(13-5)22(11-3)28(44-32)17-26(20)42-27;/h17-19H,9-16H2,1-8H3,(H-,42,43,44,45,46);/q-1;+2/p-1. The molecule has 4 aliphatic heterocycles. The first-order chi connectivity index (χ1) is 22.9. The summed E-state index contributed by atoms with van der Waals surface area (Å²) in [6.07, 6.45) is 4.46. The molecule has 0 amide bonds. The van der Waals surface area contributed by atoms with E-state index in [-0.39, 0.29) is 42.1 Å². The fourth-order valence-electron chi connectivity index (χ4n) is 7.47. The Hall–Kier alpha value is -3.59. The van der Waals surface area contributed by atoms with Crippen LogP contribution in [0.2, 0.25) is 0 Å². The van der Waals surface area contributed by atoms with Gasteiger partial charge in [-0.25, -0.2) is 14.8 Å². The zero-order valence-corrected chi connectivity index (χ0v) is 32.7. The van der Waals surface area contributed by atoms with Crippen molar-refractivity contribution >= 4 is 34.9 Å². The number of fused-ring (bicyclic) bond motifs is 5. The molecule has 1 aromatic rings. The Kier molecular flexibility index (Phi) is 11.5. The third kappa shape index (κ3) is 6.32. The molecule has 0 aromatic carbocycles. The van der Waals surface area contributed by atoms with Crippen molar-refractivity contribution in [3.05, 3.63) is 79.1 Å². The molecule has 7 nitrogen and oxygen atoms in total. The second kappa shape index (κ2) is 14.7. The number of aliphatic imine (C=N–C) groups is 3. The van der Waals surface area contributed by atoms with Crippen molar-refractivity contribution in [3.63, 3.8) is 0 Å². The second-order valence-corrected chi connectivity index (χ2v) is 12.2. The summed E-state index contributed by atoms with van der Waals surface area (Å²) in [4.78, 5) is 32.3. The molecule has 256 valence electrons. The average molecular weight is 726 g/mol. The van der Waals surface area contributed by atoms with Crippen LogP contribution in [0.5, 0.6) is 0 Å². The molecule has 0 saturated carbocycles. The molecule has 11 heteroatoms. The van der Waals surface area contributed by atoms with Crippen LogP contribution in [0.1, 0.15) is 105 Å². The Bertz CT molecular complexity index is 1940. The van der Waals surface area contributed by atoms with Crippen molar-refractivity contribution in [2.75, 3.05) is 0 Å². The number of alkyl halides is 3. The summed E-state index contributed by atoms with van der Waals surface area (Å²) >= 11 is 0. The van der Waals surface area contributed by atoms with Gasteiger partial charge in [0.1, 0.15) is 11.5 Å². The van der Waals surface area contributed by atoms with Crippen molar-refractivity contribution in [2.45, 2.75) is 113 Å². The van der Waals surface area contributed by atoms with Gasteiger partial charge in [-0.05, 0) is 85.8 Å². The number of carbonyl (C=O) groups excluding carboxylic acids is 1. The van der Waals surface area contributed by atoms with Gasteiger partial charge in [-0.2, -0.15) is 13.2 Å². The minimum Gasteiger partial charge on any atom is -0.873 e. The third-order valence-corrected chi connectivity index (χ3v) is 10.0. The molecule has 5 rings (SSSR count). The number of carbonyl (C=O) groups is 1. The minimum atomic E-state index is -5.24. The summed E-state index contributed by atoms with van der Waals surface area (Å²) < 4.78 is 46.8. The van der Waals surface area contributed by atoms with Gasteiger partial charge in [0.25, 0.3) is 0 Å². The van der Waals surface area contributed by atoms with E-state index in [0.29, 0.717) is 96.4 Å². The van der Waals surface area contributed by atoms with Gasteiger partial charge in [-0.15, -0.1) is 5.35 Å².